The second kappa shape index (κ2) is 11.3. The minimum atomic E-state index is -0.185. The van der Waals surface area contributed by atoms with Gasteiger partial charge < -0.3 is 15.5 Å². The average molecular weight is 524 g/mol. The minimum Gasteiger partial charge on any atom is -0.356 e. The number of likely N-dealkylation sites (N-methyl/N-ethyl adjacent to an activating group) is 1. The summed E-state index contributed by atoms with van der Waals surface area (Å²) in [5, 5.41) is 6.35. The van der Waals surface area contributed by atoms with E-state index < -0.39 is 0 Å². The second-order valence-electron chi connectivity index (χ2n) is 7.43. The molecule has 1 aliphatic carbocycles. The Morgan fingerprint density at radius 2 is 1.77 bits per heavy atom. The summed E-state index contributed by atoms with van der Waals surface area (Å²) in [6.07, 6.45) is 1.88. The van der Waals surface area contributed by atoms with Gasteiger partial charge >= 0.3 is 0 Å². The first-order chi connectivity index (χ1) is 14.1. The summed E-state index contributed by atoms with van der Waals surface area (Å²) in [6, 6.07) is 16.9. The highest BCUT2D eigenvalue weighted by atomic mass is 127. The van der Waals surface area contributed by atoms with Crippen molar-refractivity contribution in [3.8, 4) is 0 Å². The van der Waals surface area contributed by atoms with Crippen molar-refractivity contribution in [1.29, 1.82) is 0 Å². The van der Waals surface area contributed by atoms with Gasteiger partial charge in [0.15, 0.2) is 5.96 Å². The molecular weight excluding hydrogens is 494 g/mol. The van der Waals surface area contributed by atoms with E-state index in [1.165, 1.54) is 6.07 Å². The topological polar surface area (TPSA) is 56.7 Å². The van der Waals surface area contributed by atoms with Gasteiger partial charge in [0.05, 0.1) is 6.54 Å². The summed E-state index contributed by atoms with van der Waals surface area (Å²) in [6.45, 7) is 3.94. The van der Waals surface area contributed by atoms with Crippen molar-refractivity contribution in [1.82, 2.24) is 15.5 Å². The highest BCUT2D eigenvalue weighted by Gasteiger charge is 2.45. The molecule has 3 rings (SSSR count). The molecular formula is C23H30FIN4O. The fourth-order valence-corrected chi connectivity index (χ4v) is 3.51. The molecule has 0 aliphatic heterocycles. The van der Waals surface area contributed by atoms with Crippen LogP contribution in [0.5, 0.6) is 0 Å². The molecule has 2 aromatic rings. The molecule has 1 aliphatic rings. The Kier molecular flexibility index (Phi) is 9.08. The summed E-state index contributed by atoms with van der Waals surface area (Å²) in [4.78, 5) is 18.6. The van der Waals surface area contributed by atoms with Gasteiger partial charge in [-0.3, -0.25) is 9.79 Å². The number of nitrogens with one attached hydrogen (secondary N) is 2. The fraction of sp³-hybridized carbons (Fsp3) is 0.391. The lowest BCUT2D eigenvalue weighted by atomic mass is 9.95. The Bertz CT molecular complexity index is 855. The molecule has 5 nitrogen and oxygen atoms in total. The van der Waals surface area contributed by atoms with E-state index in [1.807, 2.05) is 49.4 Å². The predicted octanol–water partition coefficient (Wildman–Crippen LogP) is 3.69. The number of amides is 1. The third-order valence-electron chi connectivity index (χ3n) is 5.47. The first kappa shape index (κ1) is 24.1. The number of nitrogens with zero attached hydrogens (tertiary/aromatic N) is 2. The lowest BCUT2D eigenvalue weighted by molar-refractivity contribution is -0.130. The van der Waals surface area contributed by atoms with Gasteiger partial charge in [-0.1, -0.05) is 48.5 Å². The number of aliphatic imine (C=N–C) groups is 1. The molecule has 2 N–H and O–H groups in total. The van der Waals surface area contributed by atoms with Gasteiger partial charge in [-0.25, -0.2) is 4.39 Å². The first-order valence-electron chi connectivity index (χ1n) is 10.1. The van der Waals surface area contributed by atoms with Crippen molar-refractivity contribution < 1.29 is 9.18 Å². The monoisotopic (exact) mass is 524 g/mol. The zero-order valence-electron chi connectivity index (χ0n) is 17.5. The molecule has 0 atom stereocenters. The quantitative estimate of drug-likeness (QED) is 0.315. The van der Waals surface area contributed by atoms with Crippen molar-refractivity contribution in [2.24, 2.45) is 4.99 Å². The molecule has 1 fully saturated rings. The lowest BCUT2D eigenvalue weighted by Gasteiger charge is -2.23. The van der Waals surface area contributed by atoms with Crippen LogP contribution in [0.3, 0.4) is 0 Å². The maximum atomic E-state index is 14.2. The number of guanidine groups is 1. The van der Waals surface area contributed by atoms with E-state index in [-0.39, 0.29) is 47.7 Å². The molecule has 0 bridgehead atoms. The van der Waals surface area contributed by atoms with Crippen LogP contribution in [0.2, 0.25) is 0 Å². The van der Waals surface area contributed by atoms with Crippen LogP contribution in [0, 0.1) is 5.82 Å². The minimum absolute atomic E-state index is 0. The van der Waals surface area contributed by atoms with Crippen LogP contribution >= 0.6 is 24.0 Å². The summed E-state index contributed by atoms with van der Waals surface area (Å²) >= 11 is 0. The van der Waals surface area contributed by atoms with Crippen LogP contribution in [-0.4, -0.2) is 43.4 Å². The fourth-order valence-electron chi connectivity index (χ4n) is 3.51. The van der Waals surface area contributed by atoms with Crippen LogP contribution in [0.1, 0.15) is 30.9 Å². The average Bonchev–Trinajstić information content (AvgIpc) is 3.54. The zero-order chi connectivity index (χ0) is 20.7. The van der Waals surface area contributed by atoms with Crippen molar-refractivity contribution in [2.45, 2.75) is 31.7 Å². The maximum Gasteiger partial charge on any atom is 0.242 e. The van der Waals surface area contributed by atoms with Crippen LogP contribution in [0.4, 0.5) is 4.39 Å². The number of carbonyl (C=O) groups is 1. The number of hydrogen-bond acceptors (Lipinski definition) is 2. The van der Waals surface area contributed by atoms with Gasteiger partial charge in [-0.05, 0) is 37.0 Å². The Morgan fingerprint density at radius 3 is 2.37 bits per heavy atom. The van der Waals surface area contributed by atoms with Gasteiger partial charge in [0, 0.05) is 32.1 Å². The smallest absolute Gasteiger partial charge is 0.242 e. The number of hydrogen-bond donors (Lipinski definition) is 2. The SMILES string of the molecule is CCN(Cc1ccccc1)C(=O)CNC(=NC)NCC1(c2ccccc2F)CC1.I. The molecule has 0 saturated heterocycles. The second-order valence-corrected chi connectivity index (χ2v) is 7.43. The number of benzene rings is 2. The van der Waals surface area contributed by atoms with E-state index in [2.05, 4.69) is 15.6 Å². The van der Waals surface area contributed by atoms with E-state index in [4.69, 9.17) is 0 Å². The van der Waals surface area contributed by atoms with Gasteiger partial charge in [0.2, 0.25) is 5.91 Å². The molecule has 0 spiro atoms. The highest BCUT2D eigenvalue weighted by Crippen LogP contribution is 2.48. The van der Waals surface area contributed by atoms with Gasteiger partial charge in [-0.15, -0.1) is 24.0 Å². The van der Waals surface area contributed by atoms with Gasteiger partial charge in [0.25, 0.3) is 0 Å². The molecule has 0 radical (unpaired) electrons. The van der Waals surface area contributed by atoms with Crippen LogP contribution in [0.25, 0.3) is 0 Å². The van der Waals surface area contributed by atoms with Crippen molar-refractivity contribution in [2.75, 3.05) is 26.7 Å². The van der Waals surface area contributed by atoms with E-state index >= 15 is 0 Å². The molecule has 0 aromatic heterocycles. The molecule has 2 aromatic carbocycles. The van der Waals surface area contributed by atoms with Crippen LogP contribution < -0.4 is 10.6 Å². The molecule has 162 valence electrons. The standard InChI is InChI=1S/C23H29FN4O.HI/c1-3-28(16-18-9-5-4-6-10-18)21(29)15-26-22(25-2)27-17-23(13-14-23)19-11-7-8-12-20(19)24;/h4-12H,3,13-17H2,1-2H3,(H2,25,26,27);1H. The number of halogens is 2. The Balaban J connectivity index is 0.00000320. The van der Waals surface area contributed by atoms with Gasteiger partial charge in [-0.2, -0.15) is 0 Å². The maximum absolute atomic E-state index is 14.2. The van der Waals surface area contributed by atoms with E-state index in [0.29, 0.717) is 25.6 Å². The van der Waals surface area contributed by atoms with E-state index in [9.17, 15) is 9.18 Å². The Hall–Kier alpha value is -2.16. The number of rotatable bonds is 8. The Labute approximate surface area is 195 Å². The predicted molar refractivity (Wildman–Crippen MR) is 130 cm³/mol. The van der Waals surface area contributed by atoms with Crippen LogP contribution in [-0.2, 0) is 16.8 Å². The molecule has 1 amide bonds. The van der Waals surface area contributed by atoms with Gasteiger partial charge in [0.1, 0.15) is 5.82 Å². The van der Waals surface area contributed by atoms with Crippen molar-refractivity contribution >= 4 is 35.8 Å². The third kappa shape index (κ3) is 6.17. The summed E-state index contributed by atoms with van der Waals surface area (Å²) in [7, 11) is 1.67. The van der Waals surface area contributed by atoms with E-state index in [0.717, 1.165) is 24.0 Å². The number of carbonyl (C=O) groups excluding carboxylic acids is 1. The Morgan fingerprint density at radius 1 is 1.10 bits per heavy atom. The lowest BCUT2D eigenvalue weighted by Crippen LogP contribution is -2.46. The first-order valence-corrected chi connectivity index (χ1v) is 10.1. The van der Waals surface area contributed by atoms with E-state index in [1.54, 1.807) is 18.0 Å². The summed E-state index contributed by atoms with van der Waals surface area (Å²) in [5.74, 6) is 0.399. The van der Waals surface area contributed by atoms with Crippen molar-refractivity contribution in [3.05, 3.63) is 71.5 Å². The molecule has 7 heteroatoms. The normalized spacial score (nSPS) is 14.4. The highest BCUT2D eigenvalue weighted by molar-refractivity contribution is 14.0. The summed E-state index contributed by atoms with van der Waals surface area (Å²) in [5.41, 5.74) is 1.67. The third-order valence-corrected chi connectivity index (χ3v) is 5.47. The molecule has 0 unspecified atom stereocenters. The molecule has 1 saturated carbocycles. The summed E-state index contributed by atoms with van der Waals surface area (Å²) < 4.78 is 14.2. The molecule has 0 heterocycles. The largest absolute Gasteiger partial charge is 0.356 e. The van der Waals surface area contributed by atoms with Crippen molar-refractivity contribution in [3.63, 3.8) is 0 Å². The zero-order valence-corrected chi connectivity index (χ0v) is 19.9. The molecule has 30 heavy (non-hydrogen) atoms. The van der Waals surface area contributed by atoms with Crippen LogP contribution in [0.15, 0.2) is 59.6 Å².